The van der Waals surface area contributed by atoms with Crippen LogP contribution in [0.15, 0.2) is 0 Å². The molecule has 1 aromatic rings. The second kappa shape index (κ2) is 4.74. The number of rotatable bonds is 4. The summed E-state index contributed by atoms with van der Waals surface area (Å²) in [6.07, 6.45) is 2.09. The molecule has 0 amide bonds. The Hall–Kier alpha value is -0.940. The van der Waals surface area contributed by atoms with E-state index in [1.807, 2.05) is 0 Å². The Kier molecular flexibility index (Phi) is 3.49. The van der Waals surface area contributed by atoms with Crippen molar-refractivity contribution in [3.63, 3.8) is 0 Å². The van der Waals surface area contributed by atoms with E-state index in [4.69, 9.17) is 10.5 Å². The maximum Gasteiger partial charge on any atom is 0.165 e. The third-order valence-corrected chi connectivity index (χ3v) is 3.25. The molecule has 1 fully saturated rings. The molecule has 0 saturated carbocycles. The van der Waals surface area contributed by atoms with Gasteiger partial charge in [0.2, 0.25) is 0 Å². The van der Waals surface area contributed by atoms with Crippen LogP contribution < -0.4 is 5.73 Å². The predicted molar refractivity (Wildman–Crippen MR) is 65.3 cm³/mol. The largest absolute Gasteiger partial charge is 0.367 e. The molecule has 2 heterocycles. The Bertz CT molecular complexity index is 380. The molecule has 1 unspecified atom stereocenters. The molecule has 1 saturated heterocycles. The molecule has 0 radical (unpaired) electrons. The maximum atomic E-state index is 5.84. The zero-order chi connectivity index (χ0) is 12.5. The fourth-order valence-corrected chi connectivity index (χ4v) is 2.39. The van der Waals surface area contributed by atoms with Gasteiger partial charge in [-0.25, -0.2) is 0 Å². The monoisotopic (exact) mass is 238 g/mol. The Morgan fingerprint density at radius 1 is 1.47 bits per heavy atom. The van der Waals surface area contributed by atoms with E-state index in [2.05, 4.69) is 35.5 Å². The van der Waals surface area contributed by atoms with Gasteiger partial charge in [0, 0.05) is 13.2 Å². The molecular formula is C12H22N4O. The highest BCUT2D eigenvalue weighted by atomic mass is 16.5. The van der Waals surface area contributed by atoms with Crippen LogP contribution in [-0.2, 0) is 23.4 Å². The molecule has 1 atom stereocenters. The van der Waals surface area contributed by atoms with E-state index in [-0.39, 0.29) is 5.60 Å². The van der Waals surface area contributed by atoms with Crippen molar-refractivity contribution in [2.24, 2.45) is 11.7 Å². The fraction of sp³-hybridized carbons (Fsp3) is 0.833. The average molecular weight is 238 g/mol. The summed E-state index contributed by atoms with van der Waals surface area (Å²) >= 11 is 0. The van der Waals surface area contributed by atoms with Gasteiger partial charge in [0.05, 0.1) is 6.54 Å². The van der Waals surface area contributed by atoms with Crippen LogP contribution in [0.4, 0.5) is 0 Å². The molecule has 17 heavy (non-hydrogen) atoms. The average Bonchev–Trinajstić information content (AvgIpc) is 2.85. The lowest BCUT2D eigenvalue weighted by Crippen LogP contribution is -2.27. The zero-order valence-corrected chi connectivity index (χ0v) is 10.9. The van der Waals surface area contributed by atoms with Gasteiger partial charge >= 0.3 is 0 Å². The van der Waals surface area contributed by atoms with Gasteiger partial charge in [-0.3, -0.25) is 0 Å². The lowest BCUT2D eigenvalue weighted by Gasteiger charge is -2.24. The Labute approximate surface area is 102 Å². The smallest absolute Gasteiger partial charge is 0.165 e. The summed E-state index contributed by atoms with van der Waals surface area (Å²) < 4.78 is 7.98. The number of nitrogens with zero attached hydrogens (tertiary/aromatic N) is 3. The van der Waals surface area contributed by atoms with E-state index in [0.717, 1.165) is 37.6 Å². The summed E-state index contributed by atoms with van der Waals surface area (Å²) in [6.45, 7) is 8.59. The minimum atomic E-state index is -0.282. The third kappa shape index (κ3) is 2.35. The van der Waals surface area contributed by atoms with Gasteiger partial charge in [0.25, 0.3) is 0 Å². The van der Waals surface area contributed by atoms with Crippen molar-refractivity contribution in [2.75, 3.05) is 6.61 Å². The molecule has 1 aliphatic heterocycles. The van der Waals surface area contributed by atoms with Crippen molar-refractivity contribution in [2.45, 2.75) is 52.3 Å². The highest BCUT2D eigenvalue weighted by molar-refractivity contribution is 5.07. The molecule has 5 heteroatoms. The van der Waals surface area contributed by atoms with E-state index in [1.165, 1.54) is 0 Å². The van der Waals surface area contributed by atoms with Crippen molar-refractivity contribution < 1.29 is 4.74 Å². The molecule has 2 rings (SSSR count). The summed E-state index contributed by atoms with van der Waals surface area (Å²) in [6, 6.07) is 0. The van der Waals surface area contributed by atoms with Gasteiger partial charge in [0.1, 0.15) is 11.4 Å². The summed E-state index contributed by atoms with van der Waals surface area (Å²) in [5, 5.41) is 8.49. The van der Waals surface area contributed by atoms with Gasteiger partial charge < -0.3 is 15.0 Å². The predicted octanol–water partition coefficient (Wildman–Crippen LogP) is 1.42. The van der Waals surface area contributed by atoms with Crippen molar-refractivity contribution in [1.82, 2.24) is 14.8 Å². The lowest BCUT2D eigenvalue weighted by atomic mass is 10.0. The summed E-state index contributed by atoms with van der Waals surface area (Å²) in [5.41, 5.74) is 5.43. The maximum absolute atomic E-state index is 5.84. The lowest BCUT2D eigenvalue weighted by molar-refractivity contribution is 0.00566. The van der Waals surface area contributed by atoms with E-state index >= 15 is 0 Å². The first-order chi connectivity index (χ1) is 8.07. The molecule has 0 aliphatic carbocycles. The minimum absolute atomic E-state index is 0.282. The number of ether oxygens (including phenoxy) is 1. The van der Waals surface area contributed by atoms with Crippen molar-refractivity contribution in [1.29, 1.82) is 0 Å². The number of hydrogen-bond acceptors (Lipinski definition) is 4. The van der Waals surface area contributed by atoms with Crippen LogP contribution in [0.1, 0.15) is 45.3 Å². The Morgan fingerprint density at radius 2 is 2.24 bits per heavy atom. The second-order valence-corrected chi connectivity index (χ2v) is 5.33. The van der Waals surface area contributed by atoms with Crippen molar-refractivity contribution >= 4 is 0 Å². The molecule has 5 nitrogen and oxygen atoms in total. The van der Waals surface area contributed by atoms with Crippen LogP contribution in [0, 0.1) is 5.92 Å². The molecule has 0 bridgehead atoms. The van der Waals surface area contributed by atoms with Gasteiger partial charge in [-0.15, -0.1) is 10.2 Å². The molecule has 96 valence electrons. The van der Waals surface area contributed by atoms with E-state index < -0.39 is 0 Å². The molecule has 0 spiro atoms. The first kappa shape index (κ1) is 12.5. The van der Waals surface area contributed by atoms with Gasteiger partial charge in [-0.05, 0) is 25.7 Å². The molecule has 1 aliphatic rings. The van der Waals surface area contributed by atoms with Gasteiger partial charge in [0.15, 0.2) is 5.82 Å². The SMILES string of the molecule is CC(C)Cn1c(CN)nnc1C1(C)CCCO1. The van der Waals surface area contributed by atoms with Crippen LogP contribution in [0.3, 0.4) is 0 Å². The molecule has 2 N–H and O–H groups in total. The van der Waals surface area contributed by atoms with Crippen LogP contribution in [0.2, 0.25) is 0 Å². The van der Waals surface area contributed by atoms with E-state index in [9.17, 15) is 0 Å². The Balaban J connectivity index is 2.36. The highest BCUT2D eigenvalue weighted by Gasteiger charge is 2.37. The Morgan fingerprint density at radius 3 is 2.76 bits per heavy atom. The minimum Gasteiger partial charge on any atom is -0.367 e. The van der Waals surface area contributed by atoms with Crippen molar-refractivity contribution in [3.8, 4) is 0 Å². The van der Waals surface area contributed by atoms with Crippen LogP contribution in [-0.4, -0.2) is 21.4 Å². The number of hydrogen-bond donors (Lipinski definition) is 1. The van der Waals surface area contributed by atoms with Crippen molar-refractivity contribution in [3.05, 3.63) is 11.6 Å². The van der Waals surface area contributed by atoms with Gasteiger partial charge in [-0.2, -0.15) is 0 Å². The quantitative estimate of drug-likeness (QED) is 0.861. The standard InChI is InChI=1S/C12H22N4O/c1-9(2)8-16-10(7-13)14-15-11(16)12(3)5-4-6-17-12/h9H,4-8,13H2,1-3H3. The highest BCUT2D eigenvalue weighted by Crippen LogP contribution is 2.34. The number of nitrogens with two attached hydrogens (primary N) is 1. The number of aromatic nitrogens is 3. The molecular weight excluding hydrogens is 216 g/mol. The topological polar surface area (TPSA) is 66.0 Å². The van der Waals surface area contributed by atoms with Gasteiger partial charge in [-0.1, -0.05) is 13.8 Å². The van der Waals surface area contributed by atoms with E-state index in [1.54, 1.807) is 0 Å². The first-order valence-corrected chi connectivity index (χ1v) is 6.33. The summed E-state index contributed by atoms with van der Waals surface area (Å²) in [7, 11) is 0. The summed E-state index contributed by atoms with van der Waals surface area (Å²) in [5.74, 6) is 2.33. The third-order valence-electron chi connectivity index (χ3n) is 3.25. The molecule has 1 aromatic heterocycles. The zero-order valence-electron chi connectivity index (χ0n) is 10.9. The van der Waals surface area contributed by atoms with Crippen LogP contribution in [0.5, 0.6) is 0 Å². The normalized spacial score (nSPS) is 24.8. The first-order valence-electron chi connectivity index (χ1n) is 6.33. The molecule has 0 aromatic carbocycles. The van der Waals surface area contributed by atoms with Crippen LogP contribution >= 0.6 is 0 Å². The fourth-order valence-electron chi connectivity index (χ4n) is 2.39. The van der Waals surface area contributed by atoms with Crippen LogP contribution in [0.25, 0.3) is 0 Å². The summed E-state index contributed by atoms with van der Waals surface area (Å²) in [4.78, 5) is 0. The second-order valence-electron chi connectivity index (χ2n) is 5.33. The van der Waals surface area contributed by atoms with E-state index in [0.29, 0.717) is 12.5 Å².